The molecule has 0 heterocycles. The van der Waals surface area contributed by atoms with Crippen molar-refractivity contribution in [2.45, 2.75) is 18.7 Å². The zero-order valence-corrected chi connectivity index (χ0v) is 16.9. The Morgan fingerprint density at radius 3 is 2.18 bits per heavy atom. The Kier molecular flexibility index (Phi) is 7.31. The summed E-state index contributed by atoms with van der Waals surface area (Å²) in [6.45, 7) is 3.69. The second-order valence-electron chi connectivity index (χ2n) is 6.33. The molecule has 0 aliphatic rings. The minimum absolute atomic E-state index is 0.0973. The molecule has 2 N–H and O–H groups in total. The van der Waals surface area contributed by atoms with Crippen LogP contribution in [0.3, 0.4) is 0 Å². The number of benzene rings is 2. The van der Waals surface area contributed by atoms with E-state index in [9.17, 15) is 18.0 Å². The molecule has 150 valence electrons. The summed E-state index contributed by atoms with van der Waals surface area (Å²) in [7, 11) is -2.02. The minimum Gasteiger partial charge on any atom is -0.384 e. The smallest absolute Gasteiger partial charge is 0.251 e. The molecule has 0 aliphatic carbocycles. The van der Waals surface area contributed by atoms with Crippen LogP contribution in [0.4, 0.5) is 5.69 Å². The van der Waals surface area contributed by atoms with E-state index in [1.54, 1.807) is 0 Å². The van der Waals surface area contributed by atoms with Gasteiger partial charge in [0.15, 0.2) is 9.84 Å². The predicted molar refractivity (Wildman–Crippen MR) is 107 cm³/mol. The van der Waals surface area contributed by atoms with E-state index >= 15 is 0 Å². The number of rotatable bonds is 8. The van der Waals surface area contributed by atoms with E-state index < -0.39 is 15.7 Å². The molecule has 0 aliphatic heterocycles. The maximum absolute atomic E-state index is 12.2. The van der Waals surface area contributed by atoms with Gasteiger partial charge in [0.2, 0.25) is 5.91 Å². The van der Waals surface area contributed by atoms with Crippen molar-refractivity contribution in [3.63, 3.8) is 0 Å². The third-order valence-electron chi connectivity index (χ3n) is 4.19. The summed E-state index contributed by atoms with van der Waals surface area (Å²) < 4.78 is 29.0. The van der Waals surface area contributed by atoms with Crippen LogP contribution in [0.25, 0.3) is 0 Å². The van der Waals surface area contributed by atoms with Crippen molar-refractivity contribution in [3.05, 3.63) is 59.2 Å². The summed E-state index contributed by atoms with van der Waals surface area (Å²) in [6, 6.07) is 11.3. The fourth-order valence-corrected chi connectivity index (χ4v) is 3.75. The number of ether oxygens (including phenoxy) is 1. The highest BCUT2D eigenvalue weighted by atomic mass is 32.2. The Balaban J connectivity index is 1.95. The first-order valence-corrected chi connectivity index (χ1v) is 10.4. The fraction of sp³-hybridized carbons (Fsp3) is 0.300. The number of amides is 2. The van der Waals surface area contributed by atoms with Crippen molar-refractivity contribution < 1.29 is 22.7 Å². The molecule has 2 rings (SSSR count). The third kappa shape index (κ3) is 5.64. The van der Waals surface area contributed by atoms with Crippen molar-refractivity contribution in [2.24, 2.45) is 0 Å². The maximum Gasteiger partial charge on any atom is 0.251 e. The lowest BCUT2D eigenvalue weighted by Crippen LogP contribution is -2.33. The van der Waals surface area contributed by atoms with E-state index in [0.29, 0.717) is 0 Å². The lowest BCUT2D eigenvalue weighted by Gasteiger charge is -2.12. The number of sulfone groups is 1. The quantitative estimate of drug-likeness (QED) is 0.702. The highest BCUT2D eigenvalue weighted by Crippen LogP contribution is 2.19. The third-order valence-corrected chi connectivity index (χ3v) is 5.88. The molecule has 0 radical (unpaired) electrons. The lowest BCUT2D eigenvalue weighted by molar-refractivity contribution is -0.115. The van der Waals surface area contributed by atoms with Gasteiger partial charge in [-0.3, -0.25) is 9.59 Å². The van der Waals surface area contributed by atoms with Crippen molar-refractivity contribution in [1.29, 1.82) is 0 Å². The highest BCUT2D eigenvalue weighted by Gasteiger charge is 2.15. The summed E-state index contributed by atoms with van der Waals surface area (Å²) in [4.78, 5) is 24.4. The summed E-state index contributed by atoms with van der Waals surface area (Å²) in [5.74, 6) is -0.935. The second kappa shape index (κ2) is 9.48. The highest BCUT2D eigenvalue weighted by molar-refractivity contribution is 7.91. The first kappa shape index (κ1) is 21.6. The molecular weight excluding hydrogens is 380 g/mol. The van der Waals surface area contributed by atoms with Gasteiger partial charge in [-0.05, 0) is 49.2 Å². The van der Waals surface area contributed by atoms with E-state index in [0.717, 1.165) is 16.8 Å². The van der Waals surface area contributed by atoms with Crippen molar-refractivity contribution in [1.82, 2.24) is 5.32 Å². The van der Waals surface area contributed by atoms with E-state index in [1.165, 1.54) is 31.4 Å². The van der Waals surface area contributed by atoms with Crippen LogP contribution in [0.15, 0.2) is 47.4 Å². The Morgan fingerprint density at radius 1 is 1.00 bits per heavy atom. The molecule has 0 bridgehead atoms. The van der Waals surface area contributed by atoms with Gasteiger partial charge in [0, 0.05) is 18.4 Å². The average Bonchev–Trinajstić information content (AvgIpc) is 2.67. The minimum atomic E-state index is -3.45. The molecule has 0 aromatic heterocycles. The van der Waals surface area contributed by atoms with E-state index in [1.807, 2.05) is 32.0 Å². The molecular formula is C20H24N2O5S. The van der Waals surface area contributed by atoms with Crippen LogP contribution in [-0.4, -0.2) is 46.2 Å². The van der Waals surface area contributed by atoms with Crippen LogP contribution < -0.4 is 10.6 Å². The molecule has 28 heavy (non-hydrogen) atoms. The number of nitrogens with one attached hydrogen (secondary N) is 2. The van der Waals surface area contributed by atoms with Gasteiger partial charge in [0.25, 0.3) is 5.91 Å². The number of hydrogen-bond donors (Lipinski definition) is 2. The fourth-order valence-electron chi connectivity index (χ4n) is 2.58. The van der Waals surface area contributed by atoms with Crippen LogP contribution in [-0.2, 0) is 19.4 Å². The van der Waals surface area contributed by atoms with Gasteiger partial charge < -0.3 is 15.4 Å². The maximum atomic E-state index is 12.2. The topological polar surface area (TPSA) is 102 Å². The Morgan fingerprint density at radius 2 is 1.61 bits per heavy atom. The summed E-state index contributed by atoms with van der Waals surface area (Å²) >= 11 is 0. The largest absolute Gasteiger partial charge is 0.384 e. The molecule has 7 nitrogen and oxygen atoms in total. The van der Waals surface area contributed by atoms with Gasteiger partial charge in [-0.2, -0.15) is 0 Å². The van der Waals surface area contributed by atoms with E-state index in [4.69, 9.17) is 4.74 Å². The van der Waals surface area contributed by atoms with Gasteiger partial charge in [-0.25, -0.2) is 8.42 Å². The number of methoxy groups -OCH3 is 1. The Labute approximate surface area is 165 Å². The number of para-hydroxylation sites is 1. The van der Waals surface area contributed by atoms with Crippen LogP contribution in [0.1, 0.15) is 21.5 Å². The van der Waals surface area contributed by atoms with Crippen LogP contribution >= 0.6 is 0 Å². The summed E-state index contributed by atoms with van der Waals surface area (Å²) in [6.07, 6.45) is 0. The molecule has 0 unspecified atom stereocenters. The van der Waals surface area contributed by atoms with Gasteiger partial charge in [0.1, 0.15) is 0 Å². The number of carbonyl (C=O) groups is 2. The number of carbonyl (C=O) groups excluding carboxylic acids is 2. The van der Waals surface area contributed by atoms with Crippen molar-refractivity contribution in [2.75, 3.05) is 31.3 Å². The zero-order chi connectivity index (χ0) is 20.7. The van der Waals surface area contributed by atoms with E-state index in [-0.39, 0.29) is 35.3 Å². The van der Waals surface area contributed by atoms with Crippen molar-refractivity contribution in [3.8, 4) is 0 Å². The molecule has 0 fully saturated rings. The Hall–Kier alpha value is -2.71. The normalized spacial score (nSPS) is 11.1. The molecule has 2 aromatic carbocycles. The molecule has 0 spiro atoms. The first-order chi connectivity index (χ1) is 13.2. The molecule has 8 heteroatoms. The Bertz CT molecular complexity index is 933. The van der Waals surface area contributed by atoms with Gasteiger partial charge >= 0.3 is 0 Å². The molecule has 2 amide bonds. The lowest BCUT2D eigenvalue weighted by atomic mass is 10.1. The number of hydrogen-bond acceptors (Lipinski definition) is 5. The average molecular weight is 404 g/mol. The van der Waals surface area contributed by atoms with Crippen LogP contribution in [0.5, 0.6) is 0 Å². The zero-order valence-electron chi connectivity index (χ0n) is 16.1. The van der Waals surface area contributed by atoms with Gasteiger partial charge in [0.05, 0.1) is 23.8 Å². The molecule has 0 saturated heterocycles. The number of aryl methyl sites for hydroxylation is 2. The molecule has 2 aromatic rings. The van der Waals surface area contributed by atoms with Crippen LogP contribution in [0, 0.1) is 13.8 Å². The van der Waals surface area contributed by atoms with E-state index in [2.05, 4.69) is 10.6 Å². The monoisotopic (exact) mass is 404 g/mol. The predicted octanol–water partition coefficient (Wildman–Crippen LogP) is 2.09. The summed E-state index contributed by atoms with van der Waals surface area (Å²) in [5, 5.41) is 5.32. The first-order valence-electron chi connectivity index (χ1n) is 8.70. The molecule has 0 atom stereocenters. The van der Waals surface area contributed by atoms with Gasteiger partial charge in [-0.1, -0.05) is 18.2 Å². The van der Waals surface area contributed by atoms with Crippen molar-refractivity contribution >= 4 is 27.3 Å². The SMILES string of the molecule is COCCS(=O)(=O)c1ccc(C(=O)NCC(=O)Nc2c(C)cccc2C)cc1. The summed E-state index contributed by atoms with van der Waals surface area (Å²) in [5.41, 5.74) is 2.87. The van der Waals surface area contributed by atoms with Gasteiger partial charge in [-0.15, -0.1) is 0 Å². The second-order valence-corrected chi connectivity index (χ2v) is 8.44. The van der Waals surface area contributed by atoms with Crippen LogP contribution in [0.2, 0.25) is 0 Å². The number of anilines is 1. The molecule has 0 saturated carbocycles. The standard InChI is InChI=1S/C20H24N2O5S/c1-14-5-4-6-15(2)19(14)22-18(23)13-21-20(24)16-7-9-17(10-8-16)28(25,26)12-11-27-3/h4-10H,11-13H2,1-3H3,(H,21,24)(H,22,23).